The van der Waals surface area contributed by atoms with Gasteiger partial charge in [0.15, 0.2) is 11.5 Å². The van der Waals surface area contributed by atoms with Gasteiger partial charge in [0.1, 0.15) is 5.52 Å². The van der Waals surface area contributed by atoms with Gasteiger partial charge in [-0.1, -0.05) is 0 Å². The van der Waals surface area contributed by atoms with E-state index >= 15 is 0 Å². The summed E-state index contributed by atoms with van der Waals surface area (Å²) < 4.78 is 0. The molecule has 1 aliphatic rings. The first-order chi connectivity index (χ1) is 8.25. The highest BCUT2D eigenvalue weighted by Crippen LogP contribution is 2.27. The molecule has 0 bridgehead atoms. The molecule has 0 radical (unpaired) electrons. The van der Waals surface area contributed by atoms with Crippen molar-refractivity contribution in [3.63, 3.8) is 0 Å². The Morgan fingerprint density at radius 1 is 1.53 bits per heavy atom. The Morgan fingerprint density at radius 2 is 2.41 bits per heavy atom. The van der Waals surface area contributed by atoms with Gasteiger partial charge in [-0.25, -0.2) is 4.98 Å². The molecule has 0 aromatic carbocycles. The summed E-state index contributed by atoms with van der Waals surface area (Å²) in [6.45, 7) is 3.18. The molecule has 7 heteroatoms. The zero-order valence-electron chi connectivity index (χ0n) is 9.55. The van der Waals surface area contributed by atoms with Crippen LogP contribution in [0.5, 0.6) is 0 Å². The lowest BCUT2D eigenvalue weighted by Crippen LogP contribution is -2.41. The number of fused-ring (bicyclic) bond motifs is 1. The number of imidazole rings is 1. The van der Waals surface area contributed by atoms with Crippen LogP contribution < -0.4 is 10.6 Å². The third-order valence-corrected chi connectivity index (χ3v) is 4.11. The molecule has 90 valence electrons. The predicted octanol–water partition coefficient (Wildman–Crippen LogP) is 0.877. The summed E-state index contributed by atoms with van der Waals surface area (Å²) in [5.74, 6) is 3.38. The maximum atomic E-state index is 5.73. The molecule has 17 heavy (non-hydrogen) atoms. The van der Waals surface area contributed by atoms with E-state index in [0.717, 1.165) is 29.4 Å². The molecule has 1 atom stereocenters. The van der Waals surface area contributed by atoms with Gasteiger partial charge in [0.2, 0.25) is 5.95 Å². The highest BCUT2D eigenvalue weighted by molar-refractivity contribution is 7.99. The predicted molar refractivity (Wildman–Crippen MR) is 70.2 cm³/mol. The van der Waals surface area contributed by atoms with Crippen LogP contribution >= 0.6 is 11.8 Å². The van der Waals surface area contributed by atoms with Gasteiger partial charge >= 0.3 is 0 Å². The van der Waals surface area contributed by atoms with E-state index in [0.29, 0.717) is 11.7 Å². The number of H-pyrrole nitrogens is 1. The summed E-state index contributed by atoms with van der Waals surface area (Å²) in [7, 11) is 0. The van der Waals surface area contributed by atoms with E-state index in [9.17, 15) is 0 Å². The van der Waals surface area contributed by atoms with Gasteiger partial charge in [-0.3, -0.25) is 0 Å². The topological polar surface area (TPSA) is 83.7 Å². The normalized spacial score (nSPS) is 21.0. The number of nitrogens with zero attached hydrogens (tertiary/aromatic N) is 4. The standard InChI is InChI=1S/C10H14N6S/c1-6-4-17-3-2-16(6)9-7-8(13-5-12-7)14-10(11)15-9/h5-6H,2-4H2,1H3,(H3,11,12,13,14,15). The maximum absolute atomic E-state index is 5.73. The van der Waals surface area contributed by atoms with Crippen molar-refractivity contribution in [2.24, 2.45) is 0 Å². The van der Waals surface area contributed by atoms with Crippen LogP contribution in [0, 0.1) is 0 Å². The van der Waals surface area contributed by atoms with Gasteiger partial charge in [0.05, 0.1) is 6.33 Å². The summed E-state index contributed by atoms with van der Waals surface area (Å²) in [5.41, 5.74) is 7.24. The monoisotopic (exact) mass is 250 g/mol. The second-order valence-corrected chi connectivity index (χ2v) is 5.27. The van der Waals surface area contributed by atoms with E-state index in [2.05, 4.69) is 31.8 Å². The fourth-order valence-corrected chi connectivity index (χ4v) is 3.10. The van der Waals surface area contributed by atoms with Crippen molar-refractivity contribution in [1.82, 2.24) is 19.9 Å². The largest absolute Gasteiger partial charge is 0.368 e. The molecule has 2 aromatic rings. The van der Waals surface area contributed by atoms with Crippen LogP contribution in [-0.4, -0.2) is 44.0 Å². The quantitative estimate of drug-likeness (QED) is 0.781. The molecule has 0 aliphatic carbocycles. The van der Waals surface area contributed by atoms with Gasteiger partial charge < -0.3 is 15.6 Å². The zero-order valence-corrected chi connectivity index (χ0v) is 10.4. The van der Waals surface area contributed by atoms with E-state index in [1.165, 1.54) is 0 Å². The Morgan fingerprint density at radius 3 is 3.24 bits per heavy atom. The number of hydrogen-bond acceptors (Lipinski definition) is 6. The minimum Gasteiger partial charge on any atom is -0.368 e. The Kier molecular flexibility index (Phi) is 2.54. The molecule has 0 saturated carbocycles. The highest BCUT2D eigenvalue weighted by atomic mass is 32.2. The lowest BCUT2D eigenvalue weighted by Gasteiger charge is -2.34. The first-order valence-electron chi connectivity index (χ1n) is 5.56. The second-order valence-electron chi connectivity index (χ2n) is 4.12. The number of hydrogen-bond donors (Lipinski definition) is 2. The van der Waals surface area contributed by atoms with Crippen molar-refractivity contribution >= 4 is 34.7 Å². The summed E-state index contributed by atoms with van der Waals surface area (Å²) in [6, 6.07) is 0.453. The van der Waals surface area contributed by atoms with Gasteiger partial charge in [-0.2, -0.15) is 21.7 Å². The summed E-state index contributed by atoms with van der Waals surface area (Å²) in [5, 5.41) is 0. The lowest BCUT2D eigenvalue weighted by molar-refractivity contribution is 0.692. The summed E-state index contributed by atoms with van der Waals surface area (Å²) >= 11 is 1.97. The number of nitrogen functional groups attached to an aromatic ring is 1. The third-order valence-electron chi connectivity index (χ3n) is 2.92. The fourth-order valence-electron chi connectivity index (χ4n) is 2.08. The number of nitrogens with one attached hydrogen (secondary N) is 1. The van der Waals surface area contributed by atoms with E-state index in [1.807, 2.05) is 11.8 Å². The molecule has 1 saturated heterocycles. The summed E-state index contributed by atoms with van der Waals surface area (Å²) in [4.78, 5) is 18.0. The van der Waals surface area contributed by atoms with Crippen LogP contribution in [0.3, 0.4) is 0 Å². The molecule has 3 N–H and O–H groups in total. The Balaban J connectivity index is 2.11. The van der Waals surface area contributed by atoms with Crippen molar-refractivity contribution in [3.8, 4) is 0 Å². The van der Waals surface area contributed by atoms with Crippen LogP contribution in [0.25, 0.3) is 11.2 Å². The fraction of sp³-hybridized carbons (Fsp3) is 0.500. The molecule has 1 unspecified atom stereocenters. The van der Waals surface area contributed by atoms with E-state index in [4.69, 9.17) is 5.73 Å². The SMILES string of the molecule is CC1CSCCN1c1nc(N)nc2nc[nH]c12. The van der Waals surface area contributed by atoms with Crippen LogP contribution in [0.2, 0.25) is 0 Å². The number of rotatable bonds is 1. The van der Waals surface area contributed by atoms with Crippen molar-refractivity contribution in [3.05, 3.63) is 6.33 Å². The molecule has 0 spiro atoms. The zero-order chi connectivity index (χ0) is 11.8. The average Bonchev–Trinajstić information content (AvgIpc) is 2.76. The van der Waals surface area contributed by atoms with E-state index in [1.54, 1.807) is 6.33 Å². The molecule has 1 aliphatic heterocycles. The Bertz CT molecular complexity index is 539. The van der Waals surface area contributed by atoms with Crippen LogP contribution in [0.15, 0.2) is 6.33 Å². The first-order valence-corrected chi connectivity index (χ1v) is 6.72. The Hall–Kier alpha value is -1.50. The minimum atomic E-state index is 0.282. The molecular formula is C10H14N6S. The van der Waals surface area contributed by atoms with Crippen molar-refractivity contribution in [2.75, 3.05) is 28.7 Å². The summed E-state index contributed by atoms with van der Waals surface area (Å²) in [6.07, 6.45) is 1.63. The van der Waals surface area contributed by atoms with Gasteiger partial charge in [-0.15, -0.1) is 0 Å². The molecule has 1 fully saturated rings. The number of aromatic amines is 1. The second kappa shape index (κ2) is 4.06. The molecule has 3 heterocycles. The average molecular weight is 250 g/mol. The Labute approximate surface area is 103 Å². The van der Waals surface area contributed by atoms with Crippen molar-refractivity contribution in [2.45, 2.75) is 13.0 Å². The lowest BCUT2D eigenvalue weighted by atomic mass is 10.3. The molecule has 0 amide bonds. The molecule has 2 aromatic heterocycles. The molecule has 3 rings (SSSR count). The van der Waals surface area contributed by atoms with Crippen LogP contribution in [-0.2, 0) is 0 Å². The maximum Gasteiger partial charge on any atom is 0.224 e. The smallest absolute Gasteiger partial charge is 0.224 e. The minimum absolute atomic E-state index is 0.282. The molecule has 6 nitrogen and oxygen atoms in total. The highest BCUT2D eigenvalue weighted by Gasteiger charge is 2.23. The first kappa shape index (κ1) is 10.6. The molecular weight excluding hydrogens is 236 g/mol. The van der Waals surface area contributed by atoms with Crippen LogP contribution in [0.4, 0.5) is 11.8 Å². The van der Waals surface area contributed by atoms with Crippen molar-refractivity contribution < 1.29 is 0 Å². The van der Waals surface area contributed by atoms with Gasteiger partial charge in [-0.05, 0) is 6.92 Å². The van der Waals surface area contributed by atoms with E-state index in [-0.39, 0.29) is 5.95 Å². The number of nitrogens with two attached hydrogens (primary N) is 1. The van der Waals surface area contributed by atoms with Gasteiger partial charge in [0, 0.05) is 24.1 Å². The number of anilines is 2. The van der Waals surface area contributed by atoms with Crippen molar-refractivity contribution in [1.29, 1.82) is 0 Å². The van der Waals surface area contributed by atoms with E-state index < -0.39 is 0 Å². The number of aromatic nitrogens is 4. The van der Waals surface area contributed by atoms with Crippen LogP contribution in [0.1, 0.15) is 6.92 Å². The number of thioether (sulfide) groups is 1. The van der Waals surface area contributed by atoms with Gasteiger partial charge in [0.25, 0.3) is 0 Å². The third kappa shape index (κ3) is 1.80.